The minimum Gasteiger partial charge on any atom is -0.483 e. The molecular weight excluding hydrogens is 198 g/mol. The Balaban J connectivity index is 3.08. The third kappa shape index (κ3) is 2.63. The fourth-order valence-corrected chi connectivity index (χ4v) is 1.02. The van der Waals surface area contributed by atoms with Crippen molar-refractivity contribution in [2.75, 3.05) is 6.61 Å². The first-order valence-electron chi connectivity index (χ1n) is 4.16. The minimum atomic E-state index is -0.592. The summed E-state index contributed by atoms with van der Waals surface area (Å²) in [6.07, 6.45) is 2.03. The summed E-state index contributed by atoms with van der Waals surface area (Å²) in [4.78, 5) is 20.5. The van der Waals surface area contributed by atoms with Crippen LogP contribution in [0.15, 0.2) is 30.9 Å². The molecule has 0 radical (unpaired) electrons. The summed E-state index contributed by atoms with van der Waals surface area (Å²) in [6, 6.07) is 4.02. The van der Waals surface area contributed by atoms with E-state index in [2.05, 4.69) is 6.58 Å². The number of benzene rings is 1. The molecule has 0 aliphatic rings. The van der Waals surface area contributed by atoms with Gasteiger partial charge in [-0.25, -0.2) is 0 Å². The lowest BCUT2D eigenvalue weighted by atomic mass is 10.2. The molecule has 5 heteroatoms. The molecule has 5 nitrogen and oxygen atoms in total. The molecule has 1 rings (SSSR count). The van der Waals surface area contributed by atoms with Gasteiger partial charge in [-0.3, -0.25) is 14.9 Å². The van der Waals surface area contributed by atoms with Crippen molar-refractivity contribution in [1.82, 2.24) is 0 Å². The van der Waals surface area contributed by atoms with E-state index >= 15 is 0 Å². The van der Waals surface area contributed by atoms with Crippen molar-refractivity contribution in [3.63, 3.8) is 0 Å². The zero-order chi connectivity index (χ0) is 11.3. The molecule has 0 saturated carbocycles. The van der Waals surface area contributed by atoms with Gasteiger partial charge in [0, 0.05) is 11.6 Å². The van der Waals surface area contributed by atoms with Gasteiger partial charge in [0.15, 0.2) is 5.75 Å². The van der Waals surface area contributed by atoms with Crippen LogP contribution in [0.25, 0.3) is 0 Å². The topological polar surface area (TPSA) is 69.4 Å². The van der Waals surface area contributed by atoms with Crippen molar-refractivity contribution in [3.05, 3.63) is 46.5 Å². The number of hydrogen-bond acceptors (Lipinski definition) is 4. The van der Waals surface area contributed by atoms with Crippen molar-refractivity contribution < 1.29 is 14.5 Å². The second-order valence-corrected chi connectivity index (χ2v) is 2.70. The molecule has 78 valence electrons. The summed E-state index contributed by atoms with van der Waals surface area (Å²) in [6.45, 7) is 3.61. The highest BCUT2D eigenvalue weighted by molar-refractivity contribution is 5.77. The van der Waals surface area contributed by atoms with E-state index in [4.69, 9.17) is 4.74 Å². The van der Waals surface area contributed by atoms with Crippen molar-refractivity contribution in [3.8, 4) is 5.75 Å². The van der Waals surface area contributed by atoms with E-state index in [9.17, 15) is 14.9 Å². The average Bonchev–Trinajstić information content (AvgIpc) is 2.26. The zero-order valence-corrected chi connectivity index (χ0v) is 7.88. The van der Waals surface area contributed by atoms with Gasteiger partial charge in [0.25, 0.3) is 0 Å². The molecule has 0 aromatic heterocycles. The Morgan fingerprint density at radius 3 is 2.80 bits per heavy atom. The Labute approximate surface area is 86.1 Å². The van der Waals surface area contributed by atoms with Gasteiger partial charge in [0.1, 0.15) is 12.9 Å². The zero-order valence-electron chi connectivity index (χ0n) is 7.88. The molecule has 0 heterocycles. The second-order valence-electron chi connectivity index (χ2n) is 2.70. The molecule has 0 aliphatic heterocycles. The average molecular weight is 207 g/mol. The predicted octanol–water partition coefficient (Wildman–Crippen LogP) is 1.97. The molecule has 1 aromatic rings. The number of nitro groups is 1. The molecule has 0 unspecified atom stereocenters. The van der Waals surface area contributed by atoms with Gasteiger partial charge in [0.05, 0.1) is 4.92 Å². The van der Waals surface area contributed by atoms with Crippen molar-refractivity contribution >= 4 is 12.0 Å². The van der Waals surface area contributed by atoms with E-state index in [1.165, 1.54) is 24.3 Å². The Morgan fingerprint density at radius 2 is 2.27 bits per heavy atom. The van der Waals surface area contributed by atoms with Crippen LogP contribution in [-0.2, 0) is 0 Å². The fourth-order valence-electron chi connectivity index (χ4n) is 1.02. The number of aldehydes is 1. The highest BCUT2D eigenvalue weighted by atomic mass is 16.6. The molecule has 0 amide bonds. The first-order valence-corrected chi connectivity index (χ1v) is 4.16. The third-order valence-electron chi connectivity index (χ3n) is 1.67. The van der Waals surface area contributed by atoms with E-state index < -0.39 is 4.92 Å². The Hall–Kier alpha value is -2.17. The smallest absolute Gasteiger partial charge is 0.311 e. The summed E-state index contributed by atoms with van der Waals surface area (Å²) in [5.74, 6) is 0.130. The summed E-state index contributed by atoms with van der Waals surface area (Å²) in [5.41, 5.74) is 0.0223. The van der Waals surface area contributed by atoms with Gasteiger partial charge in [-0.1, -0.05) is 12.7 Å². The molecule has 0 N–H and O–H groups in total. The predicted molar refractivity (Wildman–Crippen MR) is 54.2 cm³/mol. The van der Waals surface area contributed by atoms with Crippen LogP contribution in [0.2, 0.25) is 0 Å². The SMILES string of the molecule is C=CCOc1ccc(C=O)cc1[N+](=O)[O-]. The van der Waals surface area contributed by atoms with Gasteiger partial charge in [0.2, 0.25) is 0 Å². The normalized spacial score (nSPS) is 9.33. The lowest BCUT2D eigenvalue weighted by molar-refractivity contribution is -0.385. The molecule has 0 spiro atoms. The maximum Gasteiger partial charge on any atom is 0.311 e. The van der Waals surface area contributed by atoms with Crippen LogP contribution in [0.1, 0.15) is 10.4 Å². The molecule has 1 aromatic carbocycles. The summed E-state index contributed by atoms with van der Waals surface area (Å²) < 4.78 is 5.07. The summed E-state index contributed by atoms with van der Waals surface area (Å²) >= 11 is 0. The van der Waals surface area contributed by atoms with Gasteiger partial charge in [-0.15, -0.1) is 0 Å². The van der Waals surface area contributed by atoms with Gasteiger partial charge >= 0.3 is 5.69 Å². The van der Waals surface area contributed by atoms with Gasteiger partial charge in [-0.2, -0.15) is 0 Å². The molecule has 0 atom stereocenters. The van der Waals surface area contributed by atoms with Gasteiger partial charge in [-0.05, 0) is 12.1 Å². The summed E-state index contributed by atoms with van der Waals surface area (Å²) in [7, 11) is 0. The van der Waals surface area contributed by atoms with E-state index in [-0.39, 0.29) is 23.6 Å². The van der Waals surface area contributed by atoms with Crippen LogP contribution in [0.3, 0.4) is 0 Å². The molecule has 0 fully saturated rings. The lowest BCUT2D eigenvalue weighted by Gasteiger charge is -2.03. The quantitative estimate of drug-likeness (QED) is 0.320. The number of nitro benzene ring substituents is 1. The molecule has 0 aliphatic carbocycles. The maximum absolute atomic E-state index is 10.6. The molecule has 0 saturated heterocycles. The molecular formula is C10H9NO4. The molecule has 15 heavy (non-hydrogen) atoms. The van der Waals surface area contributed by atoms with Crippen LogP contribution in [-0.4, -0.2) is 17.8 Å². The lowest BCUT2D eigenvalue weighted by Crippen LogP contribution is -1.98. The van der Waals surface area contributed by atoms with Crippen LogP contribution < -0.4 is 4.74 Å². The number of ether oxygens (including phenoxy) is 1. The number of nitrogens with zero attached hydrogens (tertiary/aromatic N) is 1. The monoisotopic (exact) mass is 207 g/mol. The van der Waals surface area contributed by atoms with Crippen molar-refractivity contribution in [2.24, 2.45) is 0 Å². The fraction of sp³-hybridized carbons (Fsp3) is 0.100. The van der Waals surface area contributed by atoms with E-state index in [1.54, 1.807) is 0 Å². The Kier molecular flexibility index (Phi) is 3.56. The minimum absolute atomic E-state index is 0.130. The van der Waals surface area contributed by atoms with E-state index in [0.717, 1.165) is 0 Å². The van der Waals surface area contributed by atoms with Crippen LogP contribution in [0.4, 0.5) is 5.69 Å². The van der Waals surface area contributed by atoms with Crippen LogP contribution >= 0.6 is 0 Å². The standard InChI is InChI=1S/C10H9NO4/c1-2-5-15-10-4-3-8(7-12)6-9(10)11(13)14/h2-4,6-7H,1,5H2. The third-order valence-corrected chi connectivity index (χ3v) is 1.67. The first kappa shape index (κ1) is 10.9. The highest BCUT2D eigenvalue weighted by Crippen LogP contribution is 2.27. The second kappa shape index (κ2) is 4.90. The van der Waals surface area contributed by atoms with Crippen molar-refractivity contribution in [2.45, 2.75) is 0 Å². The van der Waals surface area contributed by atoms with Crippen LogP contribution in [0.5, 0.6) is 5.75 Å². The molecule has 0 bridgehead atoms. The first-order chi connectivity index (χ1) is 7.19. The number of carbonyl (C=O) groups is 1. The largest absolute Gasteiger partial charge is 0.483 e. The highest BCUT2D eigenvalue weighted by Gasteiger charge is 2.15. The number of hydrogen-bond donors (Lipinski definition) is 0. The maximum atomic E-state index is 10.6. The Bertz CT molecular complexity index is 400. The van der Waals surface area contributed by atoms with E-state index in [0.29, 0.717) is 6.29 Å². The van der Waals surface area contributed by atoms with Crippen molar-refractivity contribution in [1.29, 1.82) is 0 Å². The van der Waals surface area contributed by atoms with Crippen LogP contribution in [0, 0.1) is 10.1 Å². The number of carbonyl (C=O) groups excluding carboxylic acids is 1. The van der Waals surface area contributed by atoms with Gasteiger partial charge < -0.3 is 4.74 Å². The Morgan fingerprint density at radius 1 is 1.53 bits per heavy atom. The summed E-state index contributed by atoms with van der Waals surface area (Å²) in [5, 5.41) is 10.6. The van der Waals surface area contributed by atoms with E-state index in [1.807, 2.05) is 0 Å². The number of rotatable bonds is 5.